The highest BCUT2D eigenvalue weighted by Gasteiger charge is 2.72. The average Bonchev–Trinajstić information content (AvgIpc) is 3.09. The van der Waals surface area contributed by atoms with Gasteiger partial charge in [0.05, 0.1) is 46.5 Å². The van der Waals surface area contributed by atoms with Crippen molar-refractivity contribution in [1.82, 2.24) is 5.32 Å². The van der Waals surface area contributed by atoms with Gasteiger partial charge in [-0.15, -0.1) is 0 Å². The van der Waals surface area contributed by atoms with Gasteiger partial charge in [-0.2, -0.15) is 10.5 Å². The van der Waals surface area contributed by atoms with Gasteiger partial charge in [0.15, 0.2) is 11.0 Å². The molecule has 1 aromatic rings. The lowest BCUT2D eigenvalue weighted by Gasteiger charge is -2.35. The van der Waals surface area contributed by atoms with E-state index in [1.54, 1.807) is 31.2 Å². The second-order valence-electron chi connectivity index (χ2n) is 6.81. The molecule has 1 aliphatic heterocycles. The van der Waals surface area contributed by atoms with E-state index in [0.29, 0.717) is 11.3 Å². The molecule has 3 atom stereocenters. The van der Waals surface area contributed by atoms with Gasteiger partial charge in [0.1, 0.15) is 11.8 Å². The molecular weight excluding hydrogens is 406 g/mol. The summed E-state index contributed by atoms with van der Waals surface area (Å²) in [6.07, 6.45) is -0.715. The Morgan fingerprint density at radius 2 is 1.81 bits per heavy atom. The number of hydrogen-bond donors (Lipinski definition) is 1. The lowest BCUT2D eigenvalue weighted by molar-refractivity contribution is -0.157. The van der Waals surface area contributed by atoms with E-state index >= 15 is 0 Å². The van der Waals surface area contributed by atoms with Crippen molar-refractivity contribution in [3.63, 3.8) is 0 Å². The topological polar surface area (TPSA) is 148 Å². The molecule has 31 heavy (non-hydrogen) atoms. The molecule has 0 aromatic heterocycles. The van der Waals surface area contributed by atoms with E-state index in [-0.39, 0.29) is 6.61 Å². The summed E-state index contributed by atoms with van der Waals surface area (Å²) in [5, 5.41) is 23.2. The highest BCUT2D eigenvalue weighted by Crippen LogP contribution is 2.54. The third-order valence-corrected chi connectivity index (χ3v) is 5.39. The van der Waals surface area contributed by atoms with Crippen molar-refractivity contribution < 1.29 is 33.3 Å². The first-order valence-electron chi connectivity index (χ1n) is 9.36. The first-order valence-corrected chi connectivity index (χ1v) is 9.36. The maximum atomic E-state index is 13.0. The fraction of sp³-hybridized carbons (Fsp3) is 0.476. The van der Waals surface area contributed by atoms with Crippen LogP contribution in [-0.2, 0) is 28.6 Å². The summed E-state index contributed by atoms with van der Waals surface area (Å²) < 4.78 is 19.9. The number of hydrogen-bond acceptors (Lipinski definition) is 10. The quantitative estimate of drug-likeness (QED) is 0.488. The van der Waals surface area contributed by atoms with Crippen LogP contribution < -0.4 is 10.1 Å². The van der Waals surface area contributed by atoms with Crippen LogP contribution in [0, 0.1) is 28.1 Å². The highest BCUT2D eigenvalue weighted by atomic mass is 16.5. The smallest absolute Gasteiger partial charge is 0.329 e. The summed E-state index contributed by atoms with van der Waals surface area (Å²) in [4.78, 5) is 38.1. The number of carbonyl (C=O) groups excluding carboxylic acids is 3. The Labute approximate surface area is 179 Å². The minimum atomic E-state index is -2.22. The Kier molecular flexibility index (Phi) is 7.21. The van der Waals surface area contributed by atoms with Crippen LogP contribution in [0.25, 0.3) is 0 Å². The molecule has 164 valence electrons. The van der Waals surface area contributed by atoms with E-state index in [1.165, 1.54) is 7.11 Å². The van der Waals surface area contributed by atoms with Crippen molar-refractivity contribution in [3.8, 4) is 17.9 Å². The van der Waals surface area contributed by atoms with Crippen molar-refractivity contribution in [2.75, 3.05) is 27.9 Å². The van der Waals surface area contributed by atoms with Crippen LogP contribution in [0.5, 0.6) is 5.75 Å². The molecule has 2 rings (SSSR count). The summed E-state index contributed by atoms with van der Waals surface area (Å²) in [6, 6.07) is 8.89. The van der Waals surface area contributed by atoms with E-state index in [2.05, 4.69) is 5.32 Å². The second kappa shape index (κ2) is 9.45. The molecule has 0 spiro atoms. The minimum absolute atomic E-state index is 0.0240. The largest absolute Gasteiger partial charge is 0.497 e. The number of carbonyl (C=O) groups is 3. The number of nitrogens with one attached hydrogen (secondary N) is 1. The van der Waals surface area contributed by atoms with Gasteiger partial charge in [-0.1, -0.05) is 12.1 Å². The lowest BCUT2D eigenvalue weighted by atomic mass is 9.62. The van der Waals surface area contributed by atoms with Gasteiger partial charge in [0.25, 0.3) is 0 Å². The predicted octanol–water partition coefficient (Wildman–Crippen LogP) is 0.822. The average molecular weight is 429 g/mol. The summed E-state index contributed by atoms with van der Waals surface area (Å²) >= 11 is 0. The van der Waals surface area contributed by atoms with Gasteiger partial charge < -0.3 is 18.9 Å². The Bertz CT molecular complexity index is 935. The first-order chi connectivity index (χ1) is 14.8. The summed E-state index contributed by atoms with van der Waals surface area (Å²) in [5.41, 5.74) is -4.05. The molecule has 0 unspecified atom stereocenters. The third-order valence-electron chi connectivity index (χ3n) is 5.39. The van der Waals surface area contributed by atoms with Gasteiger partial charge >= 0.3 is 17.9 Å². The van der Waals surface area contributed by atoms with Crippen LogP contribution in [0.3, 0.4) is 0 Å². The molecule has 0 amide bonds. The number of benzene rings is 1. The van der Waals surface area contributed by atoms with E-state index in [1.807, 2.05) is 12.1 Å². The molecule has 0 aliphatic carbocycles. The maximum Gasteiger partial charge on any atom is 0.329 e. The van der Waals surface area contributed by atoms with Crippen LogP contribution in [0.15, 0.2) is 24.3 Å². The molecule has 0 bridgehead atoms. The van der Waals surface area contributed by atoms with E-state index in [9.17, 15) is 24.9 Å². The van der Waals surface area contributed by atoms with Gasteiger partial charge in [0, 0.05) is 5.92 Å². The molecule has 10 nitrogen and oxygen atoms in total. The monoisotopic (exact) mass is 429 g/mol. The standard InChI is InChI=1S/C21H23N3O7/c1-5-31-18(26)17-16(13-7-6-8-14(9-13)28-2)20(11-22,12-23)21(24-17,19(27)30-4)10-15(25)29-3/h6-9,16-17,24H,5,10H2,1-4H3/t16-,17+,21-/m0/s1. The van der Waals surface area contributed by atoms with Gasteiger partial charge in [-0.3, -0.25) is 14.9 Å². The Balaban J connectivity index is 2.86. The number of esters is 3. The molecule has 1 fully saturated rings. The highest BCUT2D eigenvalue weighted by molar-refractivity contribution is 5.93. The van der Waals surface area contributed by atoms with Crippen LogP contribution in [-0.4, -0.2) is 57.4 Å². The van der Waals surface area contributed by atoms with E-state index in [4.69, 9.17) is 18.9 Å². The summed E-state index contributed by atoms with van der Waals surface area (Å²) in [6.45, 7) is 1.62. The second-order valence-corrected chi connectivity index (χ2v) is 6.81. The van der Waals surface area contributed by atoms with Crippen LogP contribution in [0.1, 0.15) is 24.8 Å². The van der Waals surface area contributed by atoms with Crippen LogP contribution in [0.4, 0.5) is 0 Å². The Hall–Kier alpha value is -3.63. The maximum absolute atomic E-state index is 13.0. The molecule has 10 heteroatoms. The zero-order valence-corrected chi connectivity index (χ0v) is 17.6. The van der Waals surface area contributed by atoms with Crippen molar-refractivity contribution >= 4 is 17.9 Å². The van der Waals surface area contributed by atoms with Gasteiger partial charge in [0.2, 0.25) is 0 Å². The Morgan fingerprint density at radius 3 is 2.32 bits per heavy atom. The van der Waals surface area contributed by atoms with E-state index in [0.717, 1.165) is 14.2 Å². The zero-order valence-electron chi connectivity index (χ0n) is 17.6. The first kappa shape index (κ1) is 23.6. The summed E-state index contributed by atoms with van der Waals surface area (Å²) in [5.74, 6) is -3.50. The Morgan fingerprint density at radius 1 is 1.13 bits per heavy atom. The normalized spacial score (nSPS) is 23.7. The SMILES string of the molecule is CCOC(=O)[C@@H]1N[C@@](CC(=O)OC)(C(=O)OC)C(C#N)(C#N)[C@H]1c1cccc(OC)c1. The van der Waals surface area contributed by atoms with Crippen molar-refractivity contribution in [2.45, 2.75) is 30.8 Å². The van der Waals surface area contributed by atoms with Crippen LogP contribution in [0.2, 0.25) is 0 Å². The molecule has 1 heterocycles. The number of nitrogens with zero attached hydrogens (tertiary/aromatic N) is 2. The molecule has 1 saturated heterocycles. The lowest BCUT2D eigenvalue weighted by Crippen LogP contribution is -2.60. The number of nitriles is 2. The van der Waals surface area contributed by atoms with Crippen molar-refractivity contribution in [1.29, 1.82) is 10.5 Å². The summed E-state index contributed by atoms with van der Waals surface area (Å²) in [7, 11) is 3.60. The number of ether oxygens (including phenoxy) is 4. The number of methoxy groups -OCH3 is 3. The zero-order chi connectivity index (χ0) is 23.2. The molecule has 1 aliphatic rings. The van der Waals surface area contributed by atoms with Crippen LogP contribution >= 0.6 is 0 Å². The van der Waals surface area contributed by atoms with E-state index < -0.39 is 47.2 Å². The predicted molar refractivity (Wildman–Crippen MR) is 104 cm³/mol. The molecule has 1 N–H and O–H groups in total. The molecule has 0 radical (unpaired) electrons. The number of rotatable bonds is 7. The molecule has 0 saturated carbocycles. The fourth-order valence-corrected chi connectivity index (χ4v) is 3.98. The fourth-order valence-electron chi connectivity index (χ4n) is 3.98. The van der Waals surface area contributed by atoms with Crippen molar-refractivity contribution in [2.24, 2.45) is 5.41 Å². The molecule has 1 aromatic carbocycles. The van der Waals surface area contributed by atoms with Crippen molar-refractivity contribution in [3.05, 3.63) is 29.8 Å². The minimum Gasteiger partial charge on any atom is -0.497 e. The van der Waals surface area contributed by atoms with Gasteiger partial charge in [-0.25, -0.2) is 4.79 Å². The third kappa shape index (κ3) is 3.78. The molecular formula is C21H23N3O7. The van der Waals surface area contributed by atoms with Gasteiger partial charge in [-0.05, 0) is 24.6 Å².